The van der Waals surface area contributed by atoms with Gasteiger partial charge in [0.25, 0.3) is 0 Å². The van der Waals surface area contributed by atoms with Crippen LogP contribution in [0.2, 0.25) is 0 Å². The van der Waals surface area contributed by atoms with Gasteiger partial charge in [0.2, 0.25) is 0 Å². The molecule has 1 unspecified atom stereocenters. The van der Waals surface area contributed by atoms with Crippen LogP contribution in [0.25, 0.3) is 10.9 Å². The number of pyridine rings is 1. The molecule has 1 aliphatic heterocycles. The number of hydrogen-bond acceptors (Lipinski definition) is 4. The first-order chi connectivity index (χ1) is 12.3. The number of fused-ring (bicyclic) bond motifs is 1. The summed E-state index contributed by atoms with van der Waals surface area (Å²) in [7, 11) is 3.36. The van der Waals surface area contributed by atoms with Gasteiger partial charge in [-0.05, 0) is 36.2 Å². The average molecular weight is 334 g/mol. The third kappa shape index (κ3) is 2.88. The van der Waals surface area contributed by atoms with Crippen molar-refractivity contribution in [3.63, 3.8) is 0 Å². The first-order valence-electron chi connectivity index (χ1n) is 8.61. The van der Waals surface area contributed by atoms with Crippen LogP contribution in [0.4, 0.5) is 5.69 Å². The van der Waals surface area contributed by atoms with Crippen molar-refractivity contribution in [2.45, 2.75) is 12.3 Å². The van der Waals surface area contributed by atoms with E-state index in [0.29, 0.717) is 5.92 Å². The van der Waals surface area contributed by atoms with Crippen LogP contribution >= 0.6 is 0 Å². The van der Waals surface area contributed by atoms with Crippen molar-refractivity contribution < 1.29 is 9.47 Å². The summed E-state index contributed by atoms with van der Waals surface area (Å²) in [6.07, 6.45) is 3.04. The Bertz CT molecular complexity index is 889. The Morgan fingerprint density at radius 3 is 2.68 bits per heavy atom. The molecule has 4 heteroatoms. The zero-order valence-electron chi connectivity index (χ0n) is 14.6. The molecular formula is C21H22N2O2. The number of rotatable bonds is 4. The van der Waals surface area contributed by atoms with E-state index < -0.39 is 0 Å². The van der Waals surface area contributed by atoms with Gasteiger partial charge in [0, 0.05) is 36.3 Å². The fourth-order valence-electron chi connectivity index (χ4n) is 3.71. The van der Waals surface area contributed by atoms with Gasteiger partial charge in [-0.15, -0.1) is 0 Å². The predicted molar refractivity (Wildman–Crippen MR) is 101 cm³/mol. The Hall–Kier alpha value is -2.75. The minimum Gasteiger partial charge on any atom is -0.493 e. The molecule has 25 heavy (non-hydrogen) atoms. The van der Waals surface area contributed by atoms with E-state index in [0.717, 1.165) is 36.5 Å². The SMILES string of the molecule is COc1ccc(C2CCN(c3ccnc4ccccc34)C2)cc1OC. The van der Waals surface area contributed by atoms with Gasteiger partial charge >= 0.3 is 0 Å². The monoisotopic (exact) mass is 334 g/mol. The van der Waals surface area contributed by atoms with Crippen LogP contribution < -0.4 is 14.4 Å². The lowest BCUT2D eigenvalue weighted by Gasteiger charge is -2.21. The summed E-state index contributed by atoms with van der Waals surface area (Å²) in [6, 6.07) is 16.7. The lowest BCUT2D eigenvalue weighted by Crippen LogP contribution is -2.19. The molecule has 3 aromatic rings. The first-order valence-corrected chi connectivity index (χ1v) is 8.61. The minimum atomic E-state index is 0.492. The minimum absolute atomic E-state index is 0.492. The number of para-hydroxylation sites is 1. The normalized spacial score (nSPS) is 17.0. The maximum atomic E-state index is 5.46. The van der Waals surface area contributed by atoms with Crippen molar-refractivity contribution >= 4 is 16.6 Å². The molecule has 0 spiro atoms. The smallest absolute Gasteiger partial charge is 0.160 e. The molecule has 2 heterocycles. The van der Waals surface area contributed by atoms with Crippen molar-refractivity contribution in [1.29, 1.82) is 0 Å². The number of nitrogens with zero attached hydrogens (tertiary/aromatic N) is 2. The highest BCUT2D eigenvalue weighted by Crippen LogP contribution is 2.37. The largest absolute Gasteiger partial charge is 0.493 e. The van der Waals surface area contributed by atoms with E-state index >= 15 is 0 Å². The van der Waals surface area contributed by atoms with Crippen LogP contribution in [0.1, 0.15) is 17.9 Å². The molecule has 1 aromatic heterocycles. The molecule has 0 bridgehead atoms. The Labute approximate surface area is 148 Å². The second-order valence-corrected chi connectivity index (χ2v) is 6.39. The number of aromatic nitrogens is 1. The van der Waals surface area contributed by atoms with Crippen molar-refractivity contribution in [1.82, 2.24) is 4.98 Å². The fraction of sp³-hybridized carbons (Fsp3) is 0.286. The molecule has 4 nitrogen and oxygen atoms in total. The number of ether oxygens (including phenoxy) is 2. The highest BCUT2D eigenvalue weighted by atomic mass is 16.5. The number of benzene rings is 2. The van der Waals surface area contributed by atoms with Crippen LogP contribution in [0.15, 0.2) is 54.7 Å². The van der Waals surface area contributed by atoms with Crippen LogP contribution in [0.5, 0.6) is 11.5 Å². The van der Waals surface area contributed by atoms with Gasteiger partial charge in [-0.1, -0.05) is 24.3 Å². The zero-order chi connectivity index (χ0) is 17.2. The fourth-order valence-corrected chi connectivity index (χ4v) is 3.71. The van der Waals surface area contributed by atoms with E-state index in [9.17, 15) is 0 Å². The third-order valence-electron chi connectivity index (χ3n) is 5.03. The topological polar surface area (TPSA) is 34.6 Å². The van der Waals surface area contributed by atoms with Gasteiger partial charge in [0.05, 0.1) is 19.7 Å². The maximum Gasteiger partial charge on any atom is 0.160 e. The summed E-state index contributed by atoms with van der Waals surface area (Å²) >= 11 is 0. The summed E-state index contributed by atoms with van der Waals surface area (Å²) in [5.41, 5.74) is 3.63. The predicted octanol–water partition coefficient (Wildman–Crippen LogP) is 4.25. The standard InChI is InChI=1S/C21H22N2O2/c1-24-20-8-7-15(13-21(20)25-2)16-10-12-23(14-16)19-9-11-22-18-6-4-3-5-17(18)19/h3-9,11,13,16H,10,12,14H2,1-2H3. The third-order valence-corrected chi connectivity index (χ3v) is 5.03. The highest BCUT2D eigenvalue weighted by molar-refractivity contribution is 5.91. The van der Waals surface area contributed by atoms with E-state index in [1.54, 1.807) is 14.2 Å². The molecule has 1 aliphatic rings. The van der Waals surface area contributed by atoms with E-state index in [2.05, 4.69) is 46.3 Å². The van der Waals surface area contributed by atoms with Gasteiger partial charge in [-0.2, -0.15) is 0 Å². The van der Waals surface area contributed by atoms with E-state index in [-0.39, 0.29) is 0 Å². The van der Waals surface area contributed by atoms with Crippen LogP contribution in [0, 0.1) is 0 Å². The zero-order valence-corrected chi connectivity index (χ0v) is 14.6. The number of anilines is 1. The molecule has 0 radical (unpaired) electrons. The van der Waals surface area contributed by atoms with Gasteiger partial charge in [-0.3, -0.25) is 4.98 Å². The lowest BCUT2D eigenvalue weighted by molar-refractivity contribution is 0.354. The summed E-state index contributed by atoms with van der Waals surface area (Å²) < 4.78 is 10.8. The molecule has 1 saturated heterocycles. The first kappa shape index (κ1) is 15.8. The molecule has 1 fully saturated rings. The second-order valence-electron chi connectivity index (χ2n) is 6.39. The molecule has 0 N–H and O–H groups in total. The van der Waals surface area contributed by atoms with Crippen LogP contribution in [0.3, 0.4) is 0 Å². The summed E-state index contributed by atoms with van der Waals surface area (Å²) in [5, 5.41) is 1.22. The summed E-state index contributed by atoms with van der Waals surface area (Å²) in [5.74, 6) is 2.07. The number of methoxy groups -OCH3 is 2. The van der Waals surface area contributed by atoms with Crippen LogP contribution in [-0.2, 0) is 0 Å². The Kier molecular flexibility index (Phi) is 4.18. The Morgan fingerprint density at radius 1 is 1.00 bits per heavy atom. The quantitative estimate of drug-likeness (QED) is 0.714. The molecule has 128 valence electrons. The van der Waals surface area contributed by atoms with Crippen molar-refractivity contribution in [2.24, 2.45) is 0 Å². The molecule has 0 saturated carbocycles. The average Bonchev–Trinajstić information content (AvgIpc) is 3.17. The van der Waals surface area contributed by atoms with Gasteiger partial charge < -0.3 is 14.4 Å². The van der Waals surface area contributed by atoms with Gasteiger partial charge in [0.15, 0.2) is 11.5 Å². The number of hydrogen-bond donors (Lipinski definition) is 0. The lowest BCUT2D eigenvalue weighted by atomic mass is 9.98. The Balaban J connectivity index is 1.61. The van der Waals surface area contributed by atoms with Crippen LogP contribution in [-0.4, -0.2) is 32.3 Å². The summed E-state index contributed by atoms with van der Waals surface area (Å²) in [6.45, 7) is 2.05. The van der Waals surface area contributed by atoms with E-state index in [4.69, 9.17) is 9.47 Å². The second kappa shape index (κ2) is 6.63. The molecule has 4 rings (SSSR count). The van der Waals surface area contributed by atoms with Crippen molar-refractivity contribution in [3.8, 4) is 11.5 Å². The molecular weight excluding hydrogens is 312 g/mol. The van der Waals surface area contributed by atoms with E-state index in [1.807, 2.05) is 18.3 Å². The van der Waals surface area contributed by atoms with Crippen molar-refractivity contribution in [3.05, 3.63) is 60.3 Å². The van der Waals surface area contributed by atoms with Gasteiger partial charge in [-0.25, -0.2) is 0 Å². The molecule has 2 aromatic carbocycles. The molecule has 0 aliphatic carbocycles. The molecule has 0 amide bonds. The van der Waals surface area contributed by atoms with Crippen molar-refractivity contribution in [2.75, 3.05) is 32.2 Å². The summed E-state index contributed by atoms with van der Waals surface area (Å²) in [4.78, 5) is 6.94. The van der Waals surface area contributed by atoms with Gasteiger partial charge in [0.1, 0.15) is 0 Å². The maximum absolute atomic E-state index is 5.46. The molecule has 1 atom stereocenters. The highest BCUT2D eigenvalue weighted by Gasteiger charge is 2.26. The Morgan fingerprint density at radius 2 is 1.84 bits per heavy atom. The van der Waals surface area contributed by atoms with E-state index in [1.165, 1.54) is 16.6 Å².